The molecular weight excluding hydrogens is 312 g/mol. The van der Waals surface area contributed by atoms with Crippen molar-refractivity contribution >= 4 is 28.9 Å². The topological polar surface area (TPSA) is 41.6 Å². The standard InChI is InChI=1S/C18H21ClN2O2/c1-12-11-14(19)9-10-17(12)23-13(2)18(22)20-15-7-5-6-8-16(15)21(3)4/h5-11,13H,1-4H3,(H,20,22). The summed E-state index contributed by atoms with van der Waals surface area (Å²) in [4.78, 5) is 14.3. The van der Waals surface area contributed by atoms with Gasteiger partial charge in [-0.1, -0.05) is 23.7 Å². The van der Waals surface area contributed by atoms with Crippen molar-refractivity contribution in [2.75, 3.05) is 24.3 Å². The fraction of sp³-hybridized carbons (Fsp3) is 0.278. The molecule has 0 spiro atoms. The van der Waals surface area contributed by atoms with Crippen LogP contribution in [-0.2, 0) is 4.79 Å². The molecule has 0 saturated carbocycles. The Morgan fingerprint density at radius 1 is 1.22 bits per heavy atom. The average Bonchev–Trinajstić information content (AvgIpc) is 2.50. The zero-order chi connectivity index (χ0) is 17.0. The van der Waals surface area contributed by atoms with Gasteiger partial charge < -0.3 is 15.0 Å². The van der Waals surface area contributed by atoms with E-state index >= 15 is 0 Å². The van der Waals surface area contributed by atoms with Gasteiger partial charge in [-0.2, -0.15) is 0 Å². The summed E-state index contributed by atoms with van der Waals surface area (Å²) in [7, 11) is 3.87. The Labute approximate surface area is 142 Å². The van der Waals surface area contributed by atoms with Crippen molar-refractivity contribution < 1.29 is 9.53 Å². The number of anilines is 2. The van der Waals surface area contributed by atoms with Crippen molar-refractivity contribution in [2.45, 2.75) is 20.0 Å². The van der Waals surface area contributed by atoms with Gasteiger partial charge >= 0.3 is 0 Å². The number of para-hydroxylation sites is 2. The second-order valence-corrected chi connectivity index (χ2v) is 6.01. The Kier molecular flexibility index (Phi) is 5.50. The van der Waals surface area contributed by atoms with Crippen LogP contribution in [0.1, 0.15) is 12.5 Å². The molecule has 122 valence electrons. The van der Waals surface area contributed by atoms with Crippen LogP contribution in [0, 0.1) is 6.92 Å². The summed E-state index contributed by atoms with van der Waals surface area (Å²) in [6, 6.07) is 13.0. The highest BCUT2D eigenvalue weighted by molar-refractivity contribution is 6.30. The third-order valence-electron chi connectivity index (χ3n) is 3.45. The van der Waals surface area contributed by atoms with E-state index in [2.05, 4.69) is 5.32 Å². The molecule has 0 fully saturated rings. The zero-order valence-corrected chi connectivity index (χ0v) is 14.5. The summed E-state index contributed by atoms with van der Waals surface area (Å²) in [5, 5.41) is 3.56. The van der Waals surface area contributed by atoms with Gasteiger partial charge in [0.2, 0.25) is 0 Å². The number of hydrogen-bond donors (Lipinski definition) is 1. The van der Waals surface area contributed by atoms with Crippen LogP contribution < -0.4 is 15.0 Å². The first-order valence-electron chi connectivity index (χ1n) is 7.38. The highest BCUT2D eigenvalue weighted by atomic mass is 35.5. The molecular formula is C18H21ClN2O2. The number of hydrogen-bond acceptors (Lipinski definition) is 3. The van der Waals surface area contributed by atoms with E-state index in [1.165, 1.54) is 0 Å². The quantitative estimate of drug-likeness (QED) is 0.895. The fourth-order valence-electron chi connectivity index (χ4n) is 2.19. The van der Waals surface area contributed by atoms with Crippen molar-refractivity contribution in [3.63, 3.8) is 0 Å². The van der Waals surface area contributed by atoms with Gasteiger partial charge in [0.05, 0.1) is 11.4 Å². The number of halogens is 1. The van der Waals surface area contributed by atoms with Crippen LogP contribution in [0.5, 0.6) is 5.75 Å². The van der Waals surface area contributed by atoms with Gasteiger partial charge in [-0.15, -0.1) is 0 Å². The zero-order valence-electron chi connectivity index (χ0n) is 13.8. The van der Waals surface area contributed by atoms with Gasteiger partial charge in [0.15, 0.2) is 6.10 Å². The third-order valence-corrected chi connectivity index (χ3v) is 3.69. The predicted molar refractivity (Wildman–Crippen MR) is 95.7 cm³/mol. The number of aryl methyl sites for hydroxylation is 1. The lowest BCUT2D eigenvalue weighted by atomic mass is 10.2. The van der Waals surface area contributed by atoms with Crippen LogP contribution >= 0.6 is 11.6 Å². The largest absolute Gasteiger partial charge is 0.481 e. The molecule has 0 aliphatic heterocycles. The monoisotopic (exact) mass is 332 g/mol. The summed E-state index contributed by atoms with van der Waals surface area (Å²) < 4.78 is 5.75. The van der Waals surface area contributed by atoms with E-state index < -0.39 is 6.10 Å². The molecule has 2 rings (SSSR count). The van der Waals surface area contributed by atoms with Crippen LogP contribution in [0.25, 0.3) is 0 Å². The SMILES string of the molecule is Cc1cc(Cl)ccc1OC(C)C(=O)Nc1ccccc1N(C)C. The van der Waals surface area contributed by atoms with Crippen molar-refractivity contribution in [2.24, 2.45) is 0 Å². The molecule has 0 radical (unpaired) electrons. The molecule has 1 N–H and O–H groups in total. The maximum Gasteiger partial charge on any atom is 0.265 e. The Hall–Kier alpha value is -2.20. The van der Waals surface area contributed by atoms with E-state index in [0.717, 1.165) is 16.9 Å². The second-order valence-electron chi connectivity index (χ2n) is 5.57. The maximum absolute atomic E-state index is 12.4. The van der Waals surface area contributed by atoms with Crippen LogP contribution in [0.2, 0.25) is 5.02 Å². The Morgan fingerprint density at radius 3 is 2.57 bits per heavy atom. The van der Waals surface area contributed by atoms with E-state index in [1.807, 2.05) is 56.3 Å². The summed E-state index contributed by atoms with van der Waals surface area (Å²) in [6.45, 7) is 3.62. The number of ether oxygens (including phenoxy) is 1. The molecule has 0 heterocycles. The normalized spacial score (nSPS) is 11.7. The number of rotatable bonds is 5. The molecule has 1 unspecified atom stereocenters. The van der Waals surface area contributed by atoms with Crippen LogP contribution in [-0.4, -0.2) is 26.1 Å². The first kappa shape index (κ1) is 17.2. The first-order chi connectivity index (χ1) is 10.9. The maximum atomic E-state index is 12.4. The van der Waals surface area contributed by atoms with Crippen LogP contribution in [0.15, 0.2) is 42.5 Å². The number of benzene rings is 2. The summed E-state index contributed by atoms with van der Waals surface area (Å²) >= 11 is 5.93. The van der Waals surface area contributed by atoms with E-state index in [0.29, 0.717) is 10.8 Å². The lowest BCUT2D eigenvalue weighted by Crippen LogP contribution is -2.31. The van der Waals surface area contributed by atoms with Gasteiger partial charge in [-0.05, 0) is 49.7 Å². The van der Waals surface area contributed by atoms with Crippen molar-refractivity contribution in [1.29, 1.82) is 0 Å². The van der Waals surface area contributed by atoms with E-state index in [4.69, 9.17) is 16.3 Å². The minimum absolute atomic E-state index is 0.200. The fourth-order valence-corrected chi connectivity index (χ4v) is 2.42. The van der Waals surface area contributed by atoms with Gasteiger partial charge in [0.1, 0.15) is 5.75 Å². The summed E-state index contributed by atoms with van der Waals surface area (Å²) in [5.41, 5.74) is 2.59. The van der Waals surface area contributed by atoms with Crippen molar-refractivity contribution in [1.82, 2.24) is 0 Å². The highest BCUT2D eigenvalue weighted by Gasteiger charge is 2.17. The second kappa shape index (κ2) is 7.38. The molecule has 0 aromatic heterocycles. The molecule has 2 aromatic carbocycles. The Balaban J connectivity index is 2.09. The molecule has 1 amide bonds. The average molecular weight is 333 g/mol. The Bertz CT molecular complexity index is 701. The molecule has 2 aromatic rings. The number of amides is 1. The molecule has 1 atom stereocenters. The van der Waals surface area contributed by atoms with E-state index in [9.17, 15) is 4.79 Å². The van der Waals surface area contributed by atoms with Gasteiger partial charge in [-0.3, -0.25) is 4.79 Å². The van der Waals surface area contributed by atoms with E-state index in [-0.39, 0.29) is 5.91 Å². The van der Waals surface area contributed by atoms with Crippen LogP contribution in [0.3, 0.4) is 0 Å². The predicted octanol–water partition coefficient (Wildman–Crippen LogP) is 4.12. The van der Waals surface area contributed by atoms with Crippen molar-refractivity contribution in [3.05, 3.63) is 53.1 Å². The molecule has 5 heteroatoms. The van der Waals surface area contributed by atoms with Crippen LogP contribution in [0.4, 0.5) is 11.4 Å². The third kappa shape index (κ3) is 4.39. The molecule has 23 heavy (non-hydrogen) atoms. The highest BCUT2D eigenvalue weighted by Crippen LogP contribution is 2.25. The van der Waals surface area contributed by atoms with Gasteiger partial charge in [0, 0.05) is 19.1 Å². The van der Waals surface area contributed by atoms with Gasteiger partial charge in [-0.25, -0.2) is 0 Å². The first-order valence-corrected chi connectivity index (χ1v) is 7.76. The van der Waals surface area contributed by atoms with E-state index in [1.54, 1.807) is 19.1 Å². The molecule has 0 bridgehead atoms. The number of carbonyl (C=O) groups is 1. The van der Waals surface area contributed by atoms with Crippen molar-refractivity contribution in [3.8, 4) is 5.75 Å². The molecule has 0 aliphatic carbocycles. The number of carbonyl (C=O) groups excluding carboxylic acids is 1. The summed E-state index contributed by atoms with van der Waals surface area (Å²) in [6.07, 6.45) is -0.620. The minimum Gasteiger partial charge on any atom is -0.481 e. The summed E-state index contributed by atoms with van der Waals surface area (Å²) in [5.74, 6) is 0.451. The minimum atomic E-state index is -0.620. The Morgan fingerprint density at radius 2 is 1.91 bits per heavy atom. The van der Waals surface area contributed by atoms with Gasteiger partial charge in [0.25, 0.3) is 5.91 Å². The lowest BCUT2D eigenvalue weighted by molar-refractivity contribution is -0.122. The molecule has 0 aliphatic rings. The molecule has 0 saturated heterocycles. The smallest absolute Gasteiger partial charge is 0.265 e. The number of nitrogens with zero attached hydrogens (tertiary/aromatic N) is 1. The number of nitrogens with one attached hydrogen (secondary N) is 1. The molecule has 4 nitrogen and oxygen atoms in total. The lowest BCUT2D eigenvalue weighted by Gasteiger charge is -2.20.